The van der Waals surface area contributed by atoms with E-state index in [1.165, 1.54) is 0 Å². The predicted molar refractivity (Wildman–Crippen MR) is 81.2 cm³/mol. The fraction of sp³-hybridized carbons (Fsp3) is 0.846. The third-order valence-corrected chi connectivity index (χ3v) is 4.50. The van der Waals surface area contributed by atoms with Crippen LogP contribution in [0.5, 0.6) is 0 Å². The Balaban J connectivity index is 2.58. The first-order valence-corrected chi connectivity index (χ1v) is 8.25. The minimum absolute atomic E-state index is 0.273. The van der Waals surface area contributed by atoms with Gasteiger partial charge in [0.2, 0.25) is 0 Å². The molecule has 7 heteroatoms. The van der Waals surface area contributed by atoms with Gasteiger partial charge in [-0.05, 0) is 39.3 Å². The smallest absolute Gasteiger partial charge is 0.326 e. The number of piperazine rings is 1. The monoisotopic (exact) mass is 303 g/mol. The van der Waals surface area contributed by atoms with E-state index in [1.54, 1.807) is 16.7 Å². The van der Waals surface area contributed by atoms with Gasteiger partial charge in [0.1, 0.15) is 6.04 Å². The van der Waals surface area contributed by atoms with Gasteiger partial charge >= 0.3 is 12.0 Å². The maximum absolute atomic E-state index is 12.2. The van der Waals surface area contributed by atoms with Crippen molar-refractivity contribution in [2.75, 3.05) is 32.1 Å². The average Bonchev–Trinajstić information content (AvgIpc) is 2.39. The second-order valence-electron chi connectivity index (χ2n) is 5.39. The molecule has 3 atom stereocenters. The molecule has 0 aliphatic carbocycles. The molecule has 1 aliphatic rings. The van der Waals surface area contributed by atoms with E-state index < -0.39 is 12.0 Å². The van der Waals surface area contributed by atoms with E-state index in [0.717, 1.165) is 0 Å². The summed E-state index contributed by atoms with van der Waals surface area (Å²) in [5, 5.41) is 11.8. The van der Waals surface area contributed by atoms with Crippen molar-refractivity contribution in [2.24, 2.45) is 0 Å². The standard InChI is InChI=1S/C13H25N3O3S/c1-9-7-16(8-10(2)15(9)3)13(19)14-11(12(17)18)5-6-20-4/h9-11H,5-8H2,1-4H3,(H,14,19)(H,17,18). The number of aliphatic carboxylic acids is 1. The molecule has 0 radical (unpaired) electrons. The van der Waals surface area contributed by atoms with Crippen molar-refractivity contribution in [3.05, 3.63) is 0 Å². The van der Waals surface area contributed by atoms with Crippen LogP contribution < -0.4 is 5.32 Å². The second kappa shape index (κ2) is 7.73. The number of amides is 2. The zero-order valence-electron chi connectivity index (χ0n) is 12.6. The lowest BCUT2D eigenvalue weighted by Crippen LogP contribution is -2.59. The lowest BCUT2D eigenvalue weighted by atomic mass is 10.1. The van der Waals surface area contributed by atoms with E-state index in [9.17, 15) is 9.59 Å². The molecule has 6 nitrogen and oxygen atoms in total. The molecular formula is C13H25N3O3S. The molecular weight excluding hydrogens is 278 g/mol. The molecule has 1 saturated heterocycles. The van der Waals surface area contributed by atoms with Gasteiger partial charge in [0.15, 0.2) is 0 Å². The van der Waals surface area contributed by atoms with Crippen LogP contribution in [0.2, 0.25) is 0 Å². The van der Waals surface area contributed by atoms with Crippen molar-refractivity contribution in [3.8, 4) is 0 Å². The molecule has 20 heavy (non-hydrogen) atoms. The van der Waals surface area contributed by atoms with Crippen molar-refractivity contribution < 1.29 is 14.7 Å². The first-order valence-electron chi connectivity index (χ1n) is 6.86. The number of carboxylic acids is 1. The summed E-state index contributed by atoms with van der Waals surface area (Å²) in [7, 11) is 2.04. The first-order chi connectivity index (χ1) is 9.36. The van der Waals surface area contributed by atoms with Gasteiger partial charge in [-0.3, -0.25) is 4.90 Å². The normalized spacial score (nSPS) is 25.3. The molecule has 0 bridgehead atoms. The third kappa shape index (κ3) is 4.56. The topological polar surface area (TPSA) is 72.9 Å². The zero-order chi connectivity index (χ0) is 15.3. The number of thioether (sulfide) groups is 1. The van der Waals surface area contributed by atoms with Gasteiger partial charge in [0.25, 0.3) is 0 Å². The molecule has 1 heterocycles. The van der Waals surface area contributed by atoms with Crippen LogP contribution in [0.3, 0.4) is 0 Å². The Hall–Kier alpha value is -0.950. The molecule has 3 unspecified atom stereocenters. The number of likely N-dealkylation sites (N-methyl/N-ethyl adjacent to an activating group) is 1. The van der Waals surface area contributed by atoms with Gasteiger partial charge in [0.05, 0.1) is 0 Å². The number of hydrogen-bond donors (Lipinski definition) is 2. The van der Waals surface area contributed by atoms with Gasteiger partial charge in [-0.2, -0.15) is 11.8 Å². The number of urea groups is 1. The molecule has 0 aromatic carbocycles. The van der Waals surface area contributed by atoms with Crippen molar-refractivity contribution in [1.29, 1.82) is 0 Å². The lowest BCUT2D eigenvalue weighted by molar-refractivity contribution is -0.139. The molecule has 1 fully saturated rings. The number of hydrogen-bond acceptors (Lipinski definition) is 4. The number of carbonyl (C=O) groups is 2. The lowest BCUT2D eigenvalue weighted by Gasteiger charge is -2.42. The quantitative estimate of drug-likeness (QED) is 0.790. The molecule has 1 aliphatic heterocycles. The highest BCUT2D eigenvalue weighted by molar-refractivity contribution is 7.98. The minimum atomic E-state index is -0.970. The number of carbonyl (C=O) groups excluding carboxylic acids is 1. The van der Waals surface area contributed by atoms with E-state index in [0.29, 0.717) is 25.3 Å². The SMILES string of the molecule is CSCCC(NC(=O)N1CC(C)N(C)C(C)C1)C(=O)O. The maximum Gasteiger partial charge on any atom is 0.326 e. The summed E-state index contributed by atoms with van der Waals surface area (Å²) in [6.07, 6.45) is 2.37. The second-order valence-corrected chi connectivity index (χ2v) is 6.38. The Morgan fingerprint density at radius 1 is 1.35 bits per heavy atom. The molecule has 0 saturated carbocycles. The van der Waals surface area contributed by atoms with E-state index >= 15 is 0 Å². The van der Waals surface area contributed by atoms with Crippen LogP contribution in [-0.2, 0) is 4.79 Å². The van der Waals surface area contributed by atoms with Crippen LogP contribution in [0.4, 0.5) is 4.79 Å². The Morgan fingerprint density at radius 3 is 2.35 bits per heavy atom. The van der Waals surface area contributed by atoms with Gasteiger partial charge in [0, 0.05) is 25.2 Å². The summed E-state index contributed by atoms with van der Waals surface area (Å²) < 4.78 is 0. The summed E-state index contributed by atoms with van der Waals surface area (Å²) in [6, 6.07) is -0.525. The summed E-state index contributed by atoms with van der Waals surface area (Å²) >= 11 is 1.58. The van der Waals surface area contributed by atoms with Crippen molar-refractivity contribution >= 4 is 23.8 Å². The van der Waals surface area contributed by atoms with Crippen LogP contribution >= 0.6 is 11.8 Å². The summed E-state index contributed by atoms with van der Waals surface area (Å²) in [6.45, 7) is 5.39. The van der Waals surface area contributed by atoms with Gasteiger partial charge < -0.3 is 15.3 Å². The van der Waals surface area contributed by atoms with E-state index in [-0.39, 0.29) is 18.1 Å². The van der Waals surface area contributed by atoms with Crippen LogP contribution in [0.1, 0.15) is 20.3 Å². The third-order valence-electron chi connectivity index (χ3n) is 3.85. The number of carboxylic acid groups (broad SMARTS) is 1. The minimum Gasteiger partial charge on any atom is -0.480 e. The van der Waals surface area contributed by atoms with Gasteiger partial charge in [-0.15, -0.1) is 0 Å². The zero-order valence-corrected chi connectivity index (χ0v) is 13.4. The van der Waals surface area contributed by atoms with Crippen LogP contribution in [0, 0.1) is 0 Å². The summed E-state index contributed by atoms with van der Waals surface area (Å²) in [4.78, 5) is 27.3. The number of nitrogens with one attached hydrogen (secondary N) is 1. The Labute approximate surface area is 124 Å². The molecule has 2 N–H and O–H groups in total. The molecule has 0 spiro atoms. The van der Waals surface area contributed by atoms with Crippen LogP contribution in [0.25, 0.3) is 0 Å². The van der Waals surface area contributed by atoms with E-state index in [4.69, 9.17) is 5.11 Å². The number of nitrogens with zero attached hydrogens (tertiary/aromatic N) is 2. The highest BCUT2D eigenvalue weighted by Gasteiger charge is 2.31. The fourth-order valence-electron chi connectivity index (χ4n) is 2.30. The van der Waals surface area contributed by atoms with Crippen LogP contribution in [0.15, 0.2) is 0 Å². The highest BCUT2D eigenvalue weighted by Crippen LogP contribution is 2.13. The van der Waals surface area contributed by atoms with Gasteiger partial charge in [-0.1, -0.05) is 0 Å². The van der Waals surface area contributed by atoms with Gasteiger partial charge in [-0.25, -0.2) is 9.59 Å². The van der Waals surface area contributed by atoms with E-state index in [2.05, 4.69) is 24.1 Å². The largest absolute Gasteiger partial charge is 0.480 e. The Bertz CT molecular complexity index is 342. The van der Waals surface area contributed by atoms with Crippen LogP contribution in [-0.4, -0.2) is 77.2 Å². The summed E-state index contributed by atoms with van der Waals surface area (Å²) in [5.41, 5.74) is 0. The van der Waals surface area contributed by atoms with Crippen molar-refractivity contribution in [3.63, 3.8) is 0 Å². The molecule has 2 amide bonds. The Morgan fingerprint density at radius 2 is 1.90 bits per heavy atom. The first kappa shape index (κ1) is 17.1. The highest BCUT2D eigenvalue weighted by atomic mass is 32.2. The predicted octanol–water partition coefficient (Wildman–Crippen LogP) is 0.927. The Kier molecular flexibility index (Phi) is 6.61. The average molecular weight is 303 g/mol. The number of rotatable bonds is 5. The molecule has 116 valence electrons. The molecule has 0 aromatic heterocycles. The van der Waals surface area contributed by atoms with Crippen molar-refractivity contribution in [1.82, 2.24) is 15.1 Å². The maximum atomic E-state index is 12.2. The molecule has 0 aromatic rings. The molecule has 1 rings (SSSR count). The fourth-order valence-corrected chi connectivity index (χ4v) is 2.78. The van der Waals surface area contributed by atoms with Crippen molar-refractivity contribution in [2.45, 2.75) is 38.4 Å². The van der Waals surface area contributed by atoms with E-state index in [1.807, 2.05) is 13.3 Å². The summed E-state index contributed by atoms with van der Waals surface area (Å²) in [5.74, 6) is -0.255.